The summed E-state index contributed by atoms with van der Waals surface area (Å²) in [6, 6.07) is 8.13. The topological polar surface area (TPSA) is 12.5 Å². The Morgan fingerprint density at radius 1 is 1.36 bits per heavy atom. The van der Waals surface area contributed by atoms with Gasteiger partial charge in [0.1, 0.15) is 5.75 Å². The normalized spacial score (nSPS) is 10.6. The number of hydrogen-bond donors (Lipinski definition) is 0. The van der Waals surface area contributed by atoms with Crippen LogP contribution in [0.1, 0.15) is 6.42 Å². The van der Waals surface area contributed by atoms with E-state index in [0.29, 0.717) is 0 Å². The number of hydrogen-bond acceptors (Lipinski definition) is 2. The van der Waals surface area contributed by atoms with E-state index >= 15 is 0 Å². The van der Waals surface area contributed by atoms with E-state index in [0.717, 1.165) is 25.3 Å². The molecule has 1 aromatic carbocycles. The summed E-state index contributed by atoms with van der Waals surface area (Å²) in [5.74, 6) is 0.968. The molecule has 0 bridgehead atoms. The molecule has 0 heterocycles. The molecule has 0 amide bonds. The smallest absolute Gasteiger partial charge is 0.120 e. The van der Waals surface area contributed by atoms with Crippen LogP contribution in [0.5, 0.6) is 5.75 Å². The Hall–Kier alpha value is -0.290. The van der Waals surface area contributed by atoms with Crippen molar-refractivity contribution in [3.8, 4) is 5.75 Å². The molecule has 3 heteroatoms. The van der Waals surface area contributed by atoms with Gasteiger partial charge in [0.05, 0.1) is 6.61 Å². The van der Waals surface area contributed by atoms with Crippen LogP contribution in [0.3, 0.4) is 0 Å². The van der Waals surface area contributed by atoms with Gasteiger partial charge in [-0.2, -0.15) is 0 Å². The summed E-state index contributed by atoms with van der Waals surface area (Å²) in [6.45, 7) is 1.86. The molecule has 0 saturated heterocycles. The number of halogens is 1. The van der Waals surface area contributed by atoms with Crippen molar-refractivity contribution in [2.24, 2.45) is 0 Å². The molecule has 2 nitrogen and oxygen atoms in total. The van der Waals surface area contributed by atoms with Crippen LogP contribution >= 0.6 is 22.6 Å². The first kappa shape index (κ1) is 11.8. The number of benzene rings is 1. The van der Waals surface area contributed by atoms with E-state index in [-0.39, 0.29) is 0 Å². The number of rotatable bonds is 5. The lowest BCUT2D eigenvalue weighted by atomic mass is 10.3. The lowest BCUT2D eigenvalue weighted by Gasteiger charge is -2.10. The Kier molecular flexibility index (Phi) is 5.25. The molecular weight excluding hydrogens is 289 g/mol. The SMILES string of the molecule is CN(C)CCCOc1cccc(I)c1. The molecule has 78 valence electrons. The zero-order chi connectivity index (χ0) is 10.4. The summed E-state index contributed by atoms with van der Waals surface area (Å²) in [4.78, 5) is 2.16. The second-order valence-electron chi connectivity index (χ2n) is 3.46. The van der Waals surface area contributed by atoms with Gasteiger partial charge >= 0.3 is 0 Å². The van der Waals surface area contributed by atoms with Crippen LogP contribution < -0.4 is 4.74 Å². The lowest BCUT2D eigenvalue weighted by molar-refractivity contribution is 0.281. The zero-order valence-corrected chi connectivity index (χ0v) is 10.8. The summed E-state index contributed by atoms with van der Waals surface area (Å²) in [5, 5.41) is 0. The van der Waals surface area contributed by atoms with Gasteiger partial charge in [-0.25, -0.2) is 0 Å². The van der Waals surface area contributed by atoms with Crippen molar-refractivity contribution in [3.63, 3.8) is 0 Å². The Morgan fingerprint density at radius 2 is 2.14 bits per heavy atom. The van der Waals surface area contributed by atoms with Crippen LogP contribution in [0.4, 0.5) is 0 Å². The molecule has 0 N–H and O–H groups in total. The molecule has 0 spiro atoms. The van der Waals surface area contributed by atoms with Crippen molar-refractivity contribution < 1.29 is 4.74 Å². The monoisotopic (exact) mass is 305 g/mol. The first-order valence-corrected chi connectivity index (χ1v) is 5.79. The zero-order valence-electron chi connectivity index (χ0n) is 8.66. The van der Waals surface area contributed by atoms with Crippen LogP contribution in [-0.4, -0.2) is 32.1 Å². The third kappa shape index (κ3) is 4.81. The second kappa shape index (κ2) is 6.24. The van der Waals surface area contributed by atoms with Crippen LogP contribution in [-0.2, 0) is 0 Å². The molecule has 0 aliphatic carbocycles. The summed E-state index contributed by atoms with van der Waals surface area (Å²) < 4.78 is 6.82. The molecule has 0 aromatic heterocycles. The summed E-state index contributed by atoms with van der Waals surface area (Å²) >= 11 is 2.29. The van der Waals surface area contributed by atoms with Crippen LogP contribution in [0, 0.1) is 3.57 Å². The van der Waals surface area contributed by atoms with E-state index in [1.165, 1.54) is 3.57 Å². The van der Waals surface area contributed by atoms with E-state index in [2.05, 4.69) is 53.7 Å². The van der Waals surface area contributed by atoms with E-state index in [1.54, 1.807) is 0 Å². The quantitative estimate of drug-likeness (QED) is 0.612. The van der Waals surface area contributed by atoms with Crippen molar-refractivity contribution >= 4 is 22.6 Å². The minimum Gasteiger partial charge on any atom is -0.494 e. The molecule has 0 unspecified atom stereocenters. The molecule has 0 radical (unpaired) electrons. The second-order valence-corrected chi connectivity index (χ2v) is 4.71. The first-order chi connectivity index (χ1) is 6.68. The fraction of sp³-hybridized carbons (Fsp3) is 0.455. The van der Waals surface area contributed by atoms with Crippen molar-refractivity contribution in [1.29, 1.82) is 0 Å². The Balaban J connectivity index is 2.25. The Labute approximate surface area is 99.4 Å². The molecule has 0 aliphatic rings. The fourth-order valence-electron chi connectivity index (χ4n) is 1.13. The van der Waals surface area contributed by atoms with Crippen molar-refractivity contribution in [2.45, 2.75) is 6.42 Å². The van der Waals surface area contributed by atoms with Gasteiger partial charge in [0.25, 0.3) is 0 Å². The highest BCUT2D eigenvalue weighted by molar-refractivity contribution is 14.1. The van der Waals surface area contributed by atoms with E-state index in [4.69, 9.17) is 4.74 Å². The molecule has 0 fully saturated rings. The molecule has 1 aromatic rings. The van der Waals surface area contributed by atoms with Crippen LogP contribution in [0.2, 0.25) is 0 Å². The van der Waals surface area contributed by atoms with E-state index < -0.39 is 0 Å². The summed E-state index contributed by atoms with van der Waals surface area (Å²) in [7, 11) is 4.15. The maximum absolute atomic E-state index is 5.61. The predicted molar refractivity (Wildman–Crippen MR) is 67.8 cm³/mol. The maximum Gasteiger partial charge on any atom is 0.120 e. The first-order valence-electron chi connectivity index (χ1n) is 4.71. The molecule has 0 atom stereocenters. The summed E-state index contributed by atoms with van der Waals surface area (Å²) in [5.41, 5.74) is 0. The average molecular weight is 305 g/mol. The van der Waals surface area contributed by atoms with Gasteiger partial charge in [-0.05, 0) is 61.3 Å². The van der Waals surface area contributed by atoms with Gasteiger partial charge in [0.15, 0.2) is 0 Å². The minimum absolute atomic E-state index is 0.790. The van der Waals surface area contributed by atoms with Gasteiger partial charge in [0, 0.05) is 10.1 Å². The molecule has 14 heavy (non-hydrogen) atoms. The van der Waals surface area contributed by atoms with Gasteiger partial charge in [-0.15, -0.1) is 0 Å². The van der Waals surface area contributed by atoms with Crippen LogP contribution in [0.25, 0.3) is 0 Å². The largest absolute Gasteiger partial charge is 0.494 e. The van der Waals surface area contributed by atoms with Crippen molar-refractivity contribution in [3.05, 3.63) is 27.8 Å². The molecule has 1 rings (SSSR count). The van der Waals surface area contributed by atoms with Gasteiger partial charge in [0.2, 0.25) is 0 Å². The Morgan fingerprint density at radius 3 is 2.79 bits per heavy atom. The third-order valence-corrected chi connectivity index (χ3v) is 2.49. The van der Waals surface area contributed by atoms with Gasteiger partial charge in [-0.3, -0.25) is 0 Å². The summed E-state index contributed by atoms with van der Waals surface area (Å²) in [6.07, 6.45) is 1.07. The minimum atomic E-state index is 0.790. The van der Waals surface area contributed by atoms with Crippen LogP contribution in [0.15, 0.2) is 24.3 Å². The fourth-order valence-corrected chi connectivity index (χ4v) is 1.64. The van der Waals surface area contributed by atoms with Crippen molar-refractivity contribution in [1.82, 2.24) is 4.90 Å². The standard InChI is InChI=1S/C11H16INO/c1-13(2)7-4-8-14-11-6-3-5-10(12)9-11/h3,5-6,9H,4,7-8H2,1-2H3. The maximum atomic E-state index is 5.61. The molecule has 0 saturated carbocycles. The average Bonchev–Trinajstić information content (AvgIpc) is 2.12. The van der Waals surface area contributed by atoms with Gasteiger partial charge < -0.3 is 9.64 Å². The highest BCUT2D eigenvalue weighted by Crippen LogP contribution is 2.14. The highest BCUT2D eigenvalue weighted by Gasteiger charge is 1.95. The van der Waals surface area contributed by atoms with Crippen molar-refractivity contribution in [2.75, 3.05) is 27.2 Å². The number of ether oxygens (including phenoxy) is 1. The number of nitrogens with zero attached hydrogens (tertiary/aromatic N) is 1. The molecule has 0 aliphatic heterocycles. The van der Waals surface area contributed by atoms with E-state index in [9.17, 15) is 0 Å². The Bertz CT molecular complexity index is 276. The predicted octanol–water partition coefficient (Wildman–Crippen LogP) is 2.62. The highest BCUT2D eigenvalue weighted by atomic mass is 127. The molecular formula is C11H16INO. The lowest BCUT2D eigenvalue weighted by Crippen LogP contribution is -2.15. The van der Waals surface area contributed by atoms with E-state index in [1.807, 2.05) is 12.1 Å². The third-order valence-electron chi connectivity index (χ3n) is 1.81. The van der Waals surface area contributed by atoms with Gasteiger partial charge in [-0.1, -0.05) is 6.07 Å².